The summed E-state index contributed by atoms with van der Waals surface area (Å²) in [5, 5.41) is 6.14. The lowest BCUT2D eigenvalue weighted by molar-refractivity contribution is -0.0675. The molecule has 2 rings (SSSR count). The van der Waals surface area contributed by atoms with Gasteiger partial charge in [-0.2, -0.15) is 26.3 Å². The van der Waals surface area contributed by atoms with Crippen LogP contribution >= 0.6 is 0 Å². The molecular formula is C21H32F6N2O6S2. The Balaban J connectivity index is 1.66. The minimum Gasteiger partial charge on any atom is -0.378 e. The van der Waals surface area contributed by atoms with Crippen molar-refractivity contribution in [3.05, 3.63) is 0 Å². The average molecular weight is 587 g/mol. The maximum atomic E-state index is 13.2. The Bertz CT molecular complexity index is 757. The van der Waals surface area contributed by atoms with E-state index in [2.05, 4.69) is 18.9 Å². The monoisotopic (exact) mass is 586 g/mol. The third-order valence-electron chi connectivity index (χ3n) is 6.18. The number of halogens is 6. The molecule has 0 heterocycles. The van der Waals surface area contributed by atoms with E-state index in [0.29, 0.717) is 45.3 Å². The molecule has 16 heteroatoms. The summed E-state index contributed by atoms with van der Waals surface area (Å²) in [6.45, 7) is 0.693. The largest absolute Gasteiger partial charge is 0.433 e. The van der Waals surface area contributed by atoms with Crippen LogP contribution in [-0.4, -0.2) is 70.1 Å². The topological polar surface area (TPSA) is 95.8 Å². The van der Waals surface area contributed by atoms with Crippen molar-refractivity contribution in [3.8, 4) is 0 Å². The molecule has 0 saturated heterocycles. The third kappa shape index (κ3) is 11.6. The first-order valence-corrected chi connectivity index (χ1v) is 14.8. The molecule has 2 atom stereocenters. The zero-order valence-corrected chi connectivity index (χ0v) is 22.1. The molecule has 0 aromatic carbocycles. The SMILES string of the molecule is CS(=O)O/N=C(/C1CCC(OCCCOC2CCC(/C(=N/OS(C)=O)C(F)(F)F)CC2)CC1)C(F)(F)F. The Hall–Kier alpha value is -1.26. The number of alkyl halides is 6. The van der Waals surface area contributed by atoms with E-state index in [1.165, 1.54) is 0 Å². The smallest absolute Gasteiger partial charge is 0.378 e. The fraction of sp³-hybridized carbons (Fsp3) is 0.905. The van der Waals surface area contributed by atoms with Crippen LogP contribution in [0, 0.1) is 11.8 Å². The quantitative estimate of drug-likeness (QED) is 0.139. The van der Waals surface area contributed by atoms with Crippen LogP contribution in [0.3, 0.4) is 0 Å². The summed E-state index contributed by atoms with van der Waals surface area (Å²) in [7, 11) is 0. The van der Waals surface area contributed by atoms with Crippen molar-refractivity contribution in [1.29, 1.82) is 0 Å². The van der Waals surface area contributed by atoms with Crippen molar-refractivity contribution in [2.75, 3.05) is 25.7 Å². The molecule has 2 aliphatic carbocycles. The van der Waals surface area contributed by atoms with Crippen LogP contribution in [0.1, 0.15) is 57.8 Å². The van der Waals surface area contributed by atoms with Crippen LogP contribution in [0.5, 0.6) is 0 Å². The molecule has 0 N–H and O–H groups in total. The van der Waals surface area contributed by atoms with Crippen molar-refractivity contribution in [2.24, 2.45) is 22.1 Å². The fourth-order valence-electron chi connectivity index (χ4n) is 4.47. The first-order valence-electron chi connectivity index (χ1n) is 11.8. The van der Waals surface area contributed by atoms with E-state index < -0.39 is 57.8 Å². The molecule has 0 aromatic heterocycles. The van der Waals surface area contributed by atoms with E-state index in [4.69, 9.17) is 9.47 Å². The van der Waals surface area contributed by atoms with Gasteiger partial charge in [0.1, 0.15) is 0 Å². The van der Waals surface area contributed by atoms with Gasteiger partial charge in [0, 0.05) is 25.0 Å². The standard InChI is InChI=1S/C21H32F6N2O6S2/c1-36(30)34-28-18(20(22,23)24)14-4-8-16(9-5-14)32-12-3-13-33-17-10-6-15(7-11-17)19(21(25,26)27)29-35-37(2)31/h14-17H,3-13H2,1-2H3/b28-18-,29-19-. The second-order valence-electron chi connectivity index (χ2n) is 8.94. The molecule has 0 radical (unpaired) electrons. The van der Waals surface area contributed by atoms with Gasteiger partial charge in [-0.3, -0.25) is 8.57 Å². The van der Waals surface area contributed by atoms with Gasteiger partial charge in [-0.25, -0.2) is 8.42 Å². The molecule has 2 saturated carbocycles. The Morgan fingerprint density at radius 2 is 1.00 bits per heavy atom. The Morgan fingerprint density at radius 3 is 1.27 bits per heavy atom. The van der Waals surface area contributed by atoms with Gasteiger partial charge in [0.15, 0.2) is 11.4 Å². The molecule has 0 aromatic rings. The van der Waals surface area contributed by atoms with Crippen LogP contribution < -0.4 is 0 Å². The predicted molar refractivity (Wildman–Crippen MR) is 125 cm³/mol. The van der Waals surface area contributed by atoms with Gasteiger partial charge in [0.05, 0.1) is 24.7 Å². The molecule has 2 fully saturated rings. The van der Waals surface area contributed by atoms with E-state index >= 15 is 0 Å². The maximum absolute atomic E-state index is 13.2. The highest BCUT2D eigenvalue weighted by Crippen LogP contribution is 2.35. The molecule has 2 aliphatic rings. The van der Waals surface area contributed by atoms with Gasteiger partial charge >= 0.3 is 12.4 Å². The van der Waals surface area contributed by atoms with E-state index in [0.717, 1.165) is 12.5 Å². The van der Waals surface area contributed by atoms with Crippen molar-refractivity contribution >= 4 is 33.6 Å². The first kappa shape index (κ1) is 32.0. The molecule has 2 unspecified atom stereocenters. The number of ether oxygens (including phenoxy) is 2. The highest BCUT2D eigenvalue weighted by atomic mass is 32.2. The number of oxime groups is 2. The second-order valence-corrected chi connectivity index (χ2v) is 10.8. The summed E-state index contributed by atoms with van der Waals surface area (Å²) in [6, 6.07) is 0. The molecule has 0 amide bonds. The summed E-state index contributed by atoms with van der Waals surface area (Å²) in [5.74, 6) is -1.69. The minimum absolute atomic E-state index is 0.192. The lowest BCUT2D eigenvalue weighted by Crippen LogP contribution is -2.35. The molecule has 216 valence electrons. The van der Waals surface area contributed by atoms with Gasteiger partial charge in [0.25, 0.3) is 0 Å². The van der Waals surface area contributed by atoms with E-state index in [-0.39, 0.29) is 37.9 Å². The summed E-state index contributed by atoms with van der Waals surface area (Å²) < 4.78 is 121. The number of hydrogen-bond acceptors (Lipinski definition) is 8. The van der Waals surface area contributed by atoms with Crippen LogP contribution in [0.15, 0.2) is 10.3 Å². The van der Waals surface area contributed by atoms with Crippen LogP contribution in [0.2, 0.25) is 0 Å². The molecule has 8 nitrogen and oxygen atoms in total. The Morgan fingerprint density at radius 1 is 0.676 bits per heavy atom. The van der Waals surface area contributed by atoms with Crippen LogP contribution in [-0.2, 0) is 40.2 Å². The van der Waals surface area contributed by atoms with Gasteiger partial charge in [-0.1, -0.05) is 10.3 Å². The predicted octanol–water partition coefficient (Wildman–Crippen LogP) is 4.98. The van der Waals surface area contributed by atoms with E-state index in [9.17, 15) is 34.8 Å². The second kappa shape index (κ2) is 14.8. The maximum Gasteiger partial charge on any atom is 0.433 e. The van der Waals surface area contributed by atoms with Gasteiger partial charge in [0.2, 0.25) is 22.2 Å². The minimum atomic E-state index is -4.67. The van der Waals surface area contributed by atoms with E-state index in [1.54, 1.807) is 0 Å². The molecule has 0 spiro atoms. The van der Waals surface area contributed by atoms with Gasteiger partial charge in [-0.15, -0.1) is 0 Å². The zero-order chi connectivity index (χ0) is 27.6. The Kier molecular flexibility index (Phi) is 12.8. The summed E-state index contributed by atoms with van der Waals surface area (Å²) in [5.41, 5.74) is -2.13. The van der Waals surface area contributed by atoms with Crippen LogP contribution in [0.4, 0.5) is 26.3 Å². The Labute approximate surface area is 216 Å². The highest BCUT2D eigenvalue weighted by Gasteiger charge is 2.44. The molecule has 37 heavy (non-hydrogen) atoms. The van der Waals surface area contributed by atoms with Crippen molar-refractivity contribution in [2.45, 2.75) is 82.3 Å². The van der Waals surface area contributed by atoms with Crippen molar-refractivity contribution < 1.29 is 52.8 Å². The van der Waals surface area contributed by atoms with Crippen LogP contribution in [0.25, 0.3) is 0 Å². The summed E-state index contributed by atoms with van der Waals surface area (Å²) in [6.07, 6.45) is -4.49. The summed E-state index contributed by atoms with van der Waals surface area (Å²) in [4.78, 5) is 0. The van der Waals surface area contributed by atoms with Gasteiger partial charge in [-0.05, 0) is 57.8 Å². The molecular weight excluding hydrogens is 554 g/mol. The van der Waals surface area contributed by atoms with Crippen molar-refractivity contribution in [1.82, 2.24) is 0 Å². The lowest BCUT2D eigenvalue weighted by Gasteiger charge is -2.30. The number of nitrogens with zero attached hydrogens (tertiary/aromatic N) is 2. The first-order chi connectivity index (χ1) is 17.3. The highest BCUT2D eigenvalue weighted by molar-refractivity contribution is 7.79. The van der Waals surface area contributed by atoms with E-state index in [1.807, 2.05) is 0 Å². The average Bonchev–Trinajstić information content (AvgIpc) is 2.79. The fourth-order valence-corrected chi connectivity index (χ4v) is 4.84. The third-order valence-corrected chi connectivity index (χ3v) is 6.75. The number of rotatable bonds is 12. The number of hydrogen-bond donors (Lipinski definition) is 0. The molecule has 0 bridgehead atoms. The normalized spacial score (nSPS) is 28.0. The van der Waals surface area contributed by atoms with Gasteiger partial charge < -0.3 is 9.47 Å². The lowest BCUT2D eigenvalue weighted by atomic mass is 9.84. The zero-order valence-electron chi connectivity index (χ0n) is 20.5. The van der Waals surface area contributed by atoms with Crippen molar-refractivity contribution in [3.63, 3.8) is 0 Å². The molecule has 0 aliphatic heterocycles. The summed E-state index contributed by atoms with van der Waals surface area (Å²) >= 11 is -3.88.